The van der Waals surface area contributed by atoms with Crippen LogP contribution in [-0.4, -0.2) is 30.6 Å². The van der Waals surface area contributed by atoms with E-state index < -0.39 is 15.9 Å². The van der Waals surface area contributed by atoms with E-state index in [9.17, 15) is 8.42 Å². The fourth-order valence-electron chi connectivity index (χ4n) is 2.71. The zero-order chi connectivity index (χ0) is 14.8. The van der Waals surface area contributed by atoms with Gasteiger partial charge in [0.05, 0.1) is 11.8 Å². The van der Waals surface area contributed by atoms with Crippen LogP contribution >= 0.6 is 0 Å². The molecular formula is C13H23N3O3S. The largest absolute Gasteiger partial charge is 0.338 e. The van der Waals surface area contributed by atoms with E-state index in [0.29, 0.717) is 18.2 Å². The molecule has 0 saturated heterocycles. The first-order valence-electron chi connectivity index (χ1n) is 7.16. The van der Waals surface area contributed by atoms with Crippen LogP contribution in [0.15, 0.2) is 4.52 Å². The number of sulfone groups is 1. The summed E-state index contributed by atoms with van der Waals surface area (Å²) in [6.07, 6.45) is 6.11. The van der Waals surface area contributed by atoms with Gasteiger partial charge in [0.15, 0.2) is 5.82 Å². The van der Waals surface area contributed by atoms with Crippen molar-refractivity contribution in [3.05, 3.63) is 11.7 Å². The Labute approximate surface area is 120 Å². The summed E-state index contributed by atoms with van der Waals surface area (Å²) in [7, 11) is -3.02. The van der Waals surface area contributed by atoms with Crippen molar-refractivity contribution in [1.29, 1.82) is 0 Å². The van der Waals surface area contributed by atoms with Gasteiger partial charge in [-0.2, -0.15) is 4.98 Å². The normalized spacial score (nSPS) is 24.9. The lowest BCUT2D eigenvalue weighted by atomic mass is 10.0. The van der Waals surface area contributed by atoms with Crippen molar-refractivity contribution in [2.45, 2.75) is 51.0 Å². The van der Waals surface area contributed by atoms with Gasteiger partial charge in [0, 0.05) is 12.2 Å². The molecule has 1 aromatic heterocycles. The first-order valence-corrected chi connectivity index (χ1v) is 9.22. The molecule has 3 unspecified atom stereocenters. The summed E-state index contributed by atoms with van der Waals surface area (Å²) in [5.74, 6) is 2.22. The molecule has 0 radical (unpaired) electrons. The lowest BCUT2D eigenvalue weighted by Gasteiger charge is -2.06. The Balaban J connectivity index is 1.95. The first-order chi connectivity index (χ1) is 9.39. The van der Waals surface area contributed by atoms with Crippen LogP contribution in [0.5, 0.6) is 0 Å². The second-order valence-corrected chi connectivity index (χ2v) is 8.06. The van der Waals surface area contributed by atoms with Gasteiger partial charge < -0.3 is 10.3 Å². The van der Waals surface area contributed by atoms with E-state index in [1.807, 2.05) is 0 Å². The Bertz CT molecular complexity index is 541. The fraction of sp³-hybridized carbons (Fsp3) is 0.846. The molecule has 2 N–H and O–H groups in total. The SMILES string of the molecule is CCC1CCC(c2noc(C(N)CCS(C)(=O)=O)n2)C1. The van der Waals surface area contributed by atoms with Crippen LogP contribution in [0.1, 0.15) is 62.7 Å². The average molecular weight is 301 g/mol. The molecule has 0 aliphatic heterocycles. The highest BCUT2D eigenvalue weighted by atomic mass is 32.2. The molecular weight excluding hydrogens is 278 g/mol. The third kappa shape index (κ3) is 4.02. The smallest absolute Gasteiger partial charge is 0.243 e. The van der Waals surface area contributed by atoms with Crippen LogP contribution in [-0.2, 0) is 9.84 Å². The van der Waals surface area contributed by atoms with Gasteiger partial charge in [0.2, 0.25) is 5.89 Å². The van der Waals surface area contributed by atoms with Crippen LogP contribution < -0.4 is 5.73 Å². The van der Waals surface area contributed by atoms with Crippen LogP contribution in [0.25, 0.3) is 0 Å². The number of nitrogens with two attached hydrogens (primary N) is 1. The van der Waals surface area contributed by atoms with Gasteiger partial charge in [-0.25, -0.2) is 8.42 Å². The molecule has 1 aromatic rings. The molecule has 1 saturated carbocycles. The van der Waals surface area contributed by atoms with Crippen molar-refractivity contribution in [3.63, 3.8) is 0 Å². The number of hydrogen-bond acceptors (Lipinski definition) is 6. The highest BCUT2D eigenvalue weighted by Gasteiger charge is 2.29. The first kappa shape index (κ1) is 15.4. The summed E-state index contributed by atoms with van der Waals surface area (Å²) >= 11 is 0. The van der Waals surface area contributed by atoms with Crippen molar-refractivity contribution in [1.82, 2.24) is 10.1 Å². The number of aromatic nitrogens is 2. The highest BCUT2D eigenvalue weighted by Crippen LogP contribution is 2.38. The molecule has 1 fully saturated rings. The lowest BCUT2D eigenvalue weighted by molar-refractivity contribution is 0.345. The van der Waals surface area contributed by atoms with Gasteiger partial charge >= 0.3 is 0 Å². The van der Waals surface area contributed by atoms with Crippen LogP contribution in [0.2, 0.25) is 0 Å². The molecule has 1 aliphatic carbocycles. The number of hydrogen-bond donors (Lipinski definition) is 1. The minimum absolute atomic E-state index is 0.0349. The molecule has 20 heavy (non-hydrogen) atoms. The molecule has 2 rings (SSSR count). The van der Waals surface area contributed by atoms with Crippen molar-refractivity contribution in [2.75, 3.05) is 12.0 Å². The summed E-state index contributed by atoms with van der Waals surface area (Å²) in [6, 6.07) is -0.505. The summed E-state index contributed by atoms with van der Waals surface area (Å²) in [5.41, 5.74) is 5.91. The minimum atomic E-state index is -3.02. The maximum atomic E-state index is 11.1. The second kappa shape index (κ2) is 6.22. The Morgan fingerprint density at radius 2 is 2.20 bits per heavy atom. The maximum Gasteiger partial charge on any atom is 0.243 e. The molecule has 6 nitrogen and oxygen atoms in total. The van der Waals surface area contributed by atoms with Crippen molar-refractivity contribution in [2.24, 2.45) is 11.7 Å². The molecule has 1 heterocycles. The van der Waals surface area contributed by atoms with E-state index in [-0.39, 0.29) is 5.75 Å². The molecule has 3 atom stereocenters. The minimum Gasteiger partial charge on any atom is -0.338 e. The quantitative estimate of drug-likeness (QED) is 0.860. The van der Waals surface area contributed by atoms with E-state index in [1.54, 1.807) is 0 Å². The molecule has 114 valence electrons. The summed E-state index contributed by atoms with van der Waals surface area (Å²) < 4.78 is 27.4. The van der Waals surface area contributed by atoms with Gasteiger partial charge in [0.1, 0.15) is 9.84 Å². The van der Waals surface area contributed by atoms with Crippen molar-refractivity contribution >= 4 is 9.84 Å². The van der Waals surface area contributed by atoms with Gasteiger partial charge in [-0.1, -0.05) is 18.5 Å². The topological polar surface area (TPSA) is 99.1 Å². The maximum absolute atomic E-state index is 11.1. The Kier molecular flexibility index (Phi) is 4.80. The molecule has 7 heteroatoms. The van der Waals surface area contributed by atoms with Crippen LogP contribution in [0.4, 0.5) is 0 Å². The Morgan fingerprint density at radius 3 is 2.80 bits per heavy atom. The van der Waals surface area contributed by atoms with E-state index >= 15 is 0 Å². The third-order valence-electron chi connectivity index (χ3n) is 4.06. The average Bonchev–Trinajstić information content (AvgIpc) is 3.02. The summed E-state index contributed by atoms with van der Waals surface area (Å²) in [4.78, 5) is 4.36. The van der Waals surface area contributed by atoms with E-state index in [0.717, 1.165) is 24.6 Å². The lowest BCUT2D eigenvalue weighted by Crippen LogP contribution is -2.16. The Morgan fingerprint density at radius 1 is 1.45 bits per heavy atom. The highest BCUT2D eigenvalue weighted by molar-refractivity contribution is 7.90. The predicted octanol–water partition coefficient (Wildman–Crippen LogP) is 1.80. The third-order valence-corrected chi connectivity index (χ3v) is 5.04. The van der Waals surface area contributed by atoms with Crippen LogP contribution in [0, 0.1) is 5.92 Å². The zero-order valence-electron chi connectivity index (χ0n) is 12.1. The van der Waals surface area contributed by atoms with E-state index in [2.05, 4.69) is 17.1 Å². The molecule has 1 aliphatic rings. The van der Waals surface area contributed by atoms with E-state index in [4.69, 9.17) is 10.3 Å². The fourth-order valence-corrected chi connectivity index (χ4v) is 3.39. The van der Waals surface area contributed by atoms with Gasteiger partial charge in [-0.15, -0.1) is 0 Å². The number of nitrogens with zero attached hydrogens (tertiary/aromatic N) is 2. The van der Waals surface area contributed by atoms with E-state index in [1.165, 1.54) is 19.1 Å². The monoisotopic (exact) mass is 301 g/mol. The predicted molar refractivity (Wildman–Crippen MR) is 75.9 cm³/mol. The van der Waals surface area contributed by atoms with Crippen molar-refractivity contribution < 1.29 is 12.9 Å². The molecule has 0 amide bonds. The van der Waals surface area contributed by atoms with Crippen LogP contribution in [0.3, 0.4) is 0 Å². The summed E-state index contributed by atoms with van der Waals surface area (Å²) in [5, 5.41) is 4.02. The molecule has 0 aromatic carbocycles. The summed E-state index contributed by atoms with van der Waals surface area (Å²) in [6.45, 7) is 2.20. The Hall–Kier alpha value is -0.950. The van der Waals surface area contributed by atoms with Gasteiger partial charge in [-0.05, 0) is 31.6 Å². The molecule has 0 spiro atoms. The van der Waals surface area contributed by atoms with Crippen molar-refractivity contribution in [3.8, 4) is 0 Å². The van der Waals surface area contributed by atoms with Gasteiger partial charge in [-0.3, -0.25) is 0 Å². The molecule has 0 bridgehead atoms. The zero-order valence-corrected chi connectivity index (χ0v) is 12.9. The number of rotatable bonds is 6. The standard InChI is InChI=1S/C13H23N3O3S/c1-3-9-4-5-10(8-9)12-15-13(19-16-12)11(14)6-7-20(2,17)18/h9-11H,3-8,14H2,1-2H3. The van der Waals surface area contributed by atoms with Gasteiger partial charge in [0.25, 0.3) is 0 Å². The second-order valence-electron chi connectivity index (χ2n) is 5.80.